The molecule has 10 heteroatoms. The molecule has 1 atom stereocenters. The number of carbonyl (C=O) groups is 2. The Hall–Kier alpha value is -2.59. The zero-order valence-corrected chi connectivity index (χ0v) is 17.4. The Morgan fingerprint density at radius 1 is 1.25 bits per heavy atom. The van der Waals surface area contributed by atoms with E-state index in [0.717, 1.165) is 11.3 Å². The molecule has 1 unspecified atom stereocenters. The third-order valence-electron chi connectivity index (χ3n) is 3.97. The third kappa shape index (κ3) is 5.46. The first kappa shape index (κ1) is 21.7. The van der Waals surface area contributed by atoms with E-state index < -0.39 is 16.1 Å². The highest BCUT2D eigenvalue weighted by Crippen LogP contribution is 2.26. The Balaban J connectivity index is 2.20. The minimum Gasteiger partial charge on any atom is -0.495 e. The fourth-order valence-electron chi connectivity index (χ4n) is 2.56. The normalized spacial score (nSPS) is 12.1. The van der Waals surface area contributed by atoms with Crippen molar-refractivity contribution in [1.82, 2.24) is 15.4 Å². The summed E-state index contributed by atoms with van der Waals surface area (Å²) in [6.45, 7) is 1.98. The molecule has 0 aliphatic rings. The molecule has 0 spiro atoms. The molecule has 8 nitrogen and oxygen atoms in total. The number of ether oxygens (including phenoxy) is 1. The molecule has 0 radical (unpaired) electrons. The lowest BCUT2D eigenvalue weighted by Gasteiger charge is -2.16. The Bertz CT molecular complexity index is 927. The smallest absolute Gasteiger partial charge is 0.328 e. The summed E-state index contributed by atoms with van der Waals surface area (Å²) >= 11 is 1.57. The Morgan fingerprint density at radius 3 is 2.57 bits per heavy atom. The number of amides is 3. The van der Waals surface area contributed by atoms with E-state index >= 15 is 0 Å². The van der Waals surface area contributed by atoms with Gasteiger partial charge in [-0.2, -0.15) is 0 Å². The van der Waals surface area contributed by atoms with Crippen LogP contribution in [0, 0.1) is 0 Å². The van der Waals surface area contributed by atoms with E-state index in [0.29, 0.717) is 5.56 Å². The maximum absolute atomic E-state index is 12.4. The van der Waals surface area contributed by atoms with E-state index in [4.69, 9.17) is 4.74 Å². The molecule has 0 bridgehead atoms. The van der Waals surface area contributed by atoms with Gasteiger partial charge in [-0.3, -0.25) is 4.79 Å². The molecule has 0 saturated heterocycles. The number of rotatable bonds is 8. The van der Waals surface area contributed by atoms with Crippen molar-refractivity contribution in [3.63, 3.8) is 0 Å². The van der Waals surface area contributed by atoms with Gasteiger partial charge in [-0.25, -0.2) is 17.9 Å². The van der Waals surface area contributed by atoms with Crippen LogP contribution in [0.2, 0.25) is 0 Å². The second kappa shape index (κ2) is 9.56. The zero-order valence-electron chi connectivity index (χ0n) is 15.8. The van der Waals surface area contributed by atoms with Gasteiger partial charge in [-0.1, -0.05) is 19.1 Å². The van der Waals surface area contributed by atoms with Crippen LogP contribution in [0.25, 0.3) is 0 Å². The lowest BCUT2D eigenvalue weighted by atomic mass is 10.1. The topological polar surface area (TPSA) is 114 Å². The van der Waals surface area contributed by atoms with Gasteiger partial charge in [0.05, 0.1) is 19.6 Å². The minimum atomic E-state index is -4.15. The largest absolute Gasteiger partial charge is 0.495 e. The lowest BCUT2D eigenvalue weighted by molar-refractivity contribution is -0.121. The van der Waals surface area contributed by atoms with E-state index in [1.165, 1.54) is 26.3 Å². The Kier molecular flexibility index (Phi) is 7.41. The highest BCUT2D eigenvalue weighted by Gasteiger charge is 2.23. The molecular weight excluding hydrogens is 402 g/mol. The number of carbonyl (C=O) groups excluding carboxylic acids is 2. The Labute approximate surface area is 168 Å². The summed E-state index contributed by atoms with van der Waals surface area (Å²) in [7, 11) is -1.52. The standard InChI is InChI=1S/C18H23N3O5S2/c1-4-13(15-6-5-9-27-15)20-17(22)11-12-7-8-14(26-3)16(10-12)28(24,25)21-18(23)19-2/h5-10,13H,4,11H2,1-3H3,(H,20,22)(H2,19,21,23). The van der Waals surface area contributed by atoms with Gasteiger partial charge >= 0.3 is 6.03 Å². The van der Waals surface area contributed by atoms with Gasteiger partial charge in [0.15, 0.2) is 0 Å². The minimum absolute atomic E-state index is 0.00559. The quantitative estimate of drug-likeness (QED) is 0.600. The molecule has 0 aliphatic carbocycles. The van der Waals surface area contributed by atoms with E-state index in [9.17, 15) is 18.0 Å². The zero-order chi connectivity index (χ0) is 20.7. The summed E-state index contributed by atoms with van der Waals surface area (Å²) < 4.78 is 31.9. The van der Waals surface area contributed by atoms with Crippen molar-refractivity contribution in [1.29, 1.82) is 0 Å². The van der Waals surface area contributed by atoms with Crippen molar-refractivity contribution >= 4 is 33.3 Å². The highest BCUT2D eigenvalue weighted by molar-refractivity contribution is 7.90. The molecule has 2 aromatic rings. The van der Waals surface area contributed by atoms with Crippen molar-refractivity contribution < 1.29 is 22.7 Å². The summed E-state index contributed by atoms with van der Waals surface area (Å²) in [5.74, 6) is -0.154. The Morgan fingerprint density at radius 2 is 2.00 bits per heavy atom. The van der Waals surface area contributed by atoms with Crippen LogP contribution in [0.5, 0.6) is 5.75 Å². The molecule has 0 fully saturated rings. The predicted molar refractivity (Wildman–Crippen MR) is 107 cm³/mol. The summed E-state index contributed by atoms with van der Waals surface area (Å²) in [6.07, 6.45) is 0.735. The molecule has 0 saturated carbocycles. The number of hydrogen-bond donors (Lipinski definition) is 3. The predicted octanol–water partition coefficient (Wildman–Crippen LogP) is 2.18. The van der Waals surface area contributed by atoms with Crippen molar-refractivity contribution in [3.05, 3.63) is 46.2 Å². The number of nitrogens with one attached hydrogen (secondary N) is 3. The number of urea groups is 1. The number of sulfonamides is 1. The summed E-state index contributed by atoms with van der Waals surface area (Å²) in [5, 5.41) is 7.09. The summed E-state index contributed by atoms with van der Waals surface area (Å²) in [5.41, 5.74) is 0.483. The SMILES string of the molecule is CCC(NC(=O)Cc1ccc(OC)c(S(=O)(=O)NC(=O)NC)c1)c1cccs1. The molecule has 1 heterocycles. The molecule has 1 aromatic heterocycles. The van der Waals surface area contributed by atoms with Gasteiger partial charge in [-0.15, -0.1) is 11.3 Å². The van der Waals surface area contributed by atoms with Crippen molar-refractivity contribution in [2.45, 2.75) is 30.7 Å². The molecular formula is C18H23N3O5S2. The van der Waals surface area contributed by atoms with Gasteiger partial charge in [-0.05, 0) is 35.6 Å². The average Bonchev–Trinajstić information content (AvgIpc) is 3.20. The first-order chi connectivity index (χ1) is 13.3. The van der Waals surface area contributed by atoms with Crippen molar-refractivity contribution in [2.75, 3.05) is 14.2 Å². The number of benzene rings is 1. The maximum atomic E-state index is 12.4. The third-order valence-corrected chi connectivity index (χ3v) is 6.30. The second-order valence-corrected chi connectivity index (χ2v) is 8.52. The van der Waals surface area contributed by atoms with E-state index in [1.807, 2.05) is 29.2 Å². The van der Waals surface area contributed by atoms with Gasteiger partial charge in [0.25, 0.3) is 10.0 Å². The van der Waals surface area contributed by atoms with Gasteiger partial charge < -0.3 is 15.4 Å². The first-order valence-corrected chi connectivity index (χ1v) is 10.9. The van der Waals surface area contributed by atoms with Crippen LogP contribution in [0.1, 0.15) is 29.8 Å². The molecule has 28 heavy (non-hydrogen) atoms. The molecule has 3 amide bonds. The van der Waals surface area contributed by atoms with Crippen LogP contribution in [-0.2, 0) is 21.2 Å². The van der Waals surface area contributed by atoms with Crippen LogP contribution < -0.4 is 20.1 Å². The fraction of sp³-hybridized carbons (Fsp3) is 0.333. The van der Waals surface area contributed by atoms with Gasteiger partial charge in [0.1, 0.15) is 10.6 Å². The first-order valence-electron chi connectivity index (χ1n) is 8.55. The van der Waals surface area contributed by atoms with E-state index in [2.05, 4.69) is 10.6 Å². The second-order valence-electron chi connectivity index (χ2n) is 5.89. The van der Waals surface area contributed by atoms with E-state index in [-0.39, 0.29) is 29.0 Å². The average molecular weight is 426 g/mol. The van der Waals surface area contributed by atoms with Crippen molar-refractivity contribution in [3.8, 4) is 5.75 Å². The number of thiophene rings is 1. The van der Waals surface area contributed by atoms with Crippen molar-refractivity contribution in [2.24, 2.45) is 0 Å². The van der Waals surface area contributed by atoms with Crippen LogP contribution in [0.4, 0.5) is 4.79 Å². The van der Waals surface area contributed by atoms with Crippen LogP contribution in [0.3, 0.4) is 0 Å². The lowest BCUT2D eigenvalue weighted by Crippen LogP contribution is -2.37. The molecule has 152 valence electrons. The molecule has 3 N–H and O–H groups in total. The highest BCUT2D eigenvalue weighted by atomic mass is 32.2. The van der Waals surface area contributed by atoms with Crippen LogP contribution in [0.15, 0.2) is 40.6 Å². The molecule has 2 rings (SSSR count). The van der Waals surface area contributed by atoms with Gasteiger partial charge in [0.2, 0.25) is 5.91 Å². The molecule has 0 aliphatic heterocycles. The molecule has 1 aromatic carbocycles. The summed E-state index contributed by atoms with van der Waals surface area (Å²) in [4.78, 5) is 24.7. The summed E-state index contributed by atoms with van der Waals surface area (Å²) in [6, 6.07) is 7.32. The van der Waals surface area contributed by atoms with E-state index in [1.54, 1.807) is 17.4 Å². The van der Waals surface area contributed by atoms with Crippen LogP contribution in [-0.4, -0.2) is 34.5 Å². The number of hydrogen-bond acceptors (Lipinski definition) is 6. The fourth-order valence-corrected chi connectivity index (χ4v) is 4.60. The monoisotopic (exact) mass is 425 g/mol. The maximum Gasteiger partial charge on any atom is 0.328 e. The van der Waals surface area contributed by atoms with Crippen LogP contribution >= 0.6 is 11.3 Å². The van der Waals surface area contributed by atoms with Gasteiger partial charge in [0, 0.05) is 11.9 Å². The number of methoxy groups -OCH3 is 1.